The SMILES string of the molecule is COc1cc2cc(-c3ccccc3)[nH]c2cc1F. The number of fused-ring (bicyclic) bond motifs is 1. The fourth-order valence-corrected chi connectivity index (χ4v) is 2.06. The monoisotopic (exact) mass is 241 g/mol. The van der Waals surface area contributed by atoms with E-state index in [1.807, 2.05) is 36.4 Å². The lowest BCUT2D eigenvalue weighted by atomic mass is 10.1. The Morgan fingerprint density at radius 3 is 2.56 bits per heavy atom. The van der Waals surface area contributed by atoms with Crippen molar-refractivity contribution in [1.82, 2.24) is 4.98 Å². The summed E-state index contributed by atoms with van der Waals surface area (Å²) in [6, 6.07) is 15.1. The maximum atomic E-state index is 13.6. The summed E-state index contributed by atoms with van der Waals surface area (Å²) in [6.45, 7) is 0. The minimum Gasteiger partial charge on any atom is -0.494 e. The van der Waals surface area contributed by atoms with Gasteiger partial charge in [-0.05, 0) is 17.7 Å². The van der Waals surface area contributed by atoms with Crippen LogP contribution in [0, 0.1) is 5.82 Å². The number of ether oxygens (including phenoxy) is 1. The molecule has 0 saturated heterocycles. The van der Waals surface area contributed by atoms with E-state index < -0.39 is 0 Å². The zero-order chi connectivity index (χ0) is 12.5. The minimum atomic E-state index is -0.355. The van der Waals surface area contributed by atoms with Crippen LogP contribution in [0.3, 0.4) is 0 Å². The van der Waals surface area contributed by atoms with Gasteiger partial charge in [0.25, 0.3) is 0 Å². The highest BCUT2D eigenvalue weighted by Crippen LogP contribution is 2.28. The zero-order valence-corrected chi connectivity index (χ0v) is 9.91. The predicted octanol–water partition coefficient (Wildman–Crippen LogP) is 3.98. The van der Waals surface area contributed by atoms with Gasteiger partial charge in [-0.1, -0.05) is 30.3 Å². The van der Waals surface area contributed by atoms with Crippen molar-refractivity contribution in [2.24, 2.45) is 0 Å². The fourth-order valence-electron chi connectivity index (χ4n) is 2.06. The van der Waals surface area contributed by atoms with Crippen LogP contribution in [-0.4, -0.2) is 12.1 Å². The molecule has 0 atom stereocenters. The fraction of sp³-hybridized carbons (Fsp3) is 0.0667. The number of hydrogen-bond acceptors (Lipinski definition) is 1. The van der Waals surface area contributed by atoms with Crippen LogP contribution in [0.1, 0.15) is 0 Å². The second-order valence-electron chi connectivity index (χ2n) is 4.12. The number of aromatic amines is 1. The van der Waals surface area contributed by atoms with Gasteiger partial charge < -0.3 is 9.72 Å². The summed E-state index contributed by atoms with van der Waals surface area (Å²) in [5.41, 5.74) is 2.82. The molecule has 0 bridgehead atoms. The van der Waals surface area contributed by atoms with Crippen molar-refractivity contribution < 1.29 is 9.13 Å². The average Bonchev–Trinajstić information content (AvgIpc) is 2.81. The third kappa shape index (κ3) is 1.74. The van der Waals surface area contributed by atoms with E-state index in [1.54, 1.807) is 6.07 Å². The molecule has 0 amide bonds. The van der Waals surface area contributed by atoms with E-state index >= 15 is 0 Å². The van der Waals surface area contributed by atoms with Crippen LogP contribution in [0.15, 0.2) is 48.5 Å². The lowest BCUT2D eigenvalue weighted by molar-refractivity contribution is 0.387. The highest BCUT2D eigenvalue weighted by molar-refractivity contribution is 5.87. The maximum Gasteiger partial charge on any atom is 0.167 e. The molecule has 1 aromatic heterocycles. The van der Waals surface area contributed by atoms with Crippen molar-refractivity contribution in [2.75, 3.05) is 7.11 Å². The molecule has 18 heavy (non-hydrogen) atoms. The van der Waals surface area contributed by atoms with Crippen molar-refractivity contribution >= 4 is 10.9 Å². The summed E-state index contributed by atoms with van der Waals surface area (Å²) >= 11 is 0. The molecule has 3 heteroatoms. The number of rotatable bonds is 2. The molecular formula is C15H12FNO. The largest absolute Gasteiger partial charge is 0.494 e. The number of hydrogen-bond donors (Lipinski definition) is 1. The number of nitrogens with one attached hydrogen (secondary N) is 1. The Morgan fingerprint density at radius 1 is 1.06 bits per heavy atom. The van der Waals surface area contributed by atoms with Crippen LogP contribution >= 0.6 is 0 Å². The van der Waals surface area contributed by atoms with Crippen molar-refractivity contribution in [3.8, 4) is 17.0 Å². The molecule has 0 aliphatic heterocycles. The Morgan fingerprint density at radius 2 is 1.83 bits per heavy atom. The number of H-pyrrole nitrogens is 1. The lowest BCUT2D eigenvalue weighted by Gasteiger charge is -2.00. The van der Waals surface area contributed by atoms with Crippen LogP contribution in [0.2, 0.25) is 0 Å². The Hall–Kier alpha value is -2.29. The second-order valence-corrected chi connectivity index (χ2v) is 4.12. The first kappa shape index (κ1) is 10.8. The third-order valence-electron chi connectivity index (χ3n) is 2.98. The van der Waals surface area contributed by atoms with Crippen LogP contribution in [0.4, 0.5) is 4.39 Å². The molecule has 2 nitrogen and oxygen atoms in total. The molecule has 0 unspecified atom stereocenters. The van der Waals surface area contributed by atoms with Gasteiger partial charge >= 0.3 is 0 Å². The molecule has 0 radical (unpaired) electrons. The molecule has 2 aromatic carbocycles. The maximum absolute atomic E-state index is 13.6. The van der Waals surface area contributed by atoms with Crippen LogP contribution in [-0.2, 0) is 0 Å². The highest BCUT2D eigenvalue weighted by Gasteiger charge is 2.08. The van der Waals surface area contributed by atoms with Gasteiger partial charge in [0.05, 0.1) is 7.11 Å². The van der Waals surface area contributed by atoms with E-state index in [1.165, 1.54) is 13.2 Å². The Kier molecular flexibility index (Phi) is 2.52. The van der Waals surface area contributed by atoms with E-state index in [9.17, 15) is 4.39 Å². The van der Waals surface area contributed by atoms with E-state index in [0.717, 1.165) is 22.2 Å². The normalized spacial score (nSPS) is 10.8. The van der Waals surface area contributed by atoms with Crippen molar-refractivity contribution in [1.29, 1.82) is 0 Å². The predicted molar refractivity (Wildman–Crippen MR) is 70.2 cm³/mol. The summed E-state index contributed by atoms with van der Waals surface area (Å²) < 4.78 is 18.6. The lowest BCUT2D eigenvalue weighted by Crippen LogP contribution is -1.86. The van der Waals surface area contributed by atoms with Gasteiger partial charge in [-0.25, -0.2) is 4.39 Å². The minimum absolute atomic E-state index is 0.265. The van der Waals surface area contributed by atoms with Gasteiger partial charge in [0.1, 0.15) is 0 Å². The Bertz CT molecular complexity index is 688. The molecule has 0 fully saturated rings. The van der Waals surface area contributed by atoms with Crippen molar-refractivity contribution in [3.05, 3.63) is 54.3 Å². The van der Waals surface area contributed by atoms with Gasteiger partial charge in [-0.15, -0.1) is 0 Å². The molecule has 1 N–H and O–H groups in total. The second kappa shape index (κ2) is 4.18. The zero-order valence-electron chi connectivity index (χ0n) is 9.91. The van der Waals surface area contributed by atoms with Crippen molar-refractivity contribution in [2.45, 2.75) is 0 Å². The number of methoxy groups -OCH3 is 1. The first-order valence-electron chi connectivity index (χ1n) is 5.69. The van der Waals surface area contributed by atoms with E-state index in [0.29, 0.717) is 0 Å². The Balaban J connectivity index is 2.17. The first-order valence-corrected chi connectivity index (χ1v) is 5.69. The van der Waals surface area contributed by atoms with Gasteiger partial charge in [-0.3, -0.25) is 0 Å². The topological polar surface area (TPSA) is 25.0 Å². The van der Waals surface area contributed by atoms with Crippen molar-refractivity contribution in [3.63, 3.8) is 0 Å². The van der Waals surface area contributed by atoms with Crippen LogP contribution in [0.25, 0.3) is 22.2 Å². The van der Waals surface area contributed by atoms with Crippen LogP contribution in [0.5, 0.6) is 5.75 Å². The number of aromatic nitrogens is 1. The number of halogens is 1. The molecule has 3 rings (SSSR count). The molecular weight excluding hydrogens is 229 g/mol. The van der Waals surface area contributed by atoms with Gasteiger partial charge in [0.2, 0.25) is 0 Å². The van der Waals surface area contributed by atoms with Gasteiger partial charge in [-0.2, -0.15) is 0 Å². The quantitative estimate of drug-likeness (QED) is 0.721. The molecule has 0 aliphatic carbocycles. The smallest absolute Gasteiger partial charge is 0.167 e. The molecule has 0 spiro atoms. The van der Waals surface area contributed by atoms with Gasteiger partial charge in [0, 0.05) is 22.7 Å². The van der Waals surface area contributed by atoms with Gasteiger partial charge in [0.15, 0.2) is 11.6 Å². The standard InChI is InChI=1S/C15H12FNO/c1-18-15-8-11-7-13(10-5-3-2-4-6-10)17-14(11)9-12(15)16/h2-9,17H,1H3. The van der Waals surface area contributed by atoms with E-state index in [-0.39, 0.29) is 11.6 Å². The summed E-state index contributed by atoms with van der Waals surface area (Å²) in [4.78, 5) is 3.21. The summed E-state index contributed by atoms with van der Waals surface area (Å²) in [6.07, 6.45) is 0. The van der Waals surface area contributed by atoms with Crippen LogP contribution < -0.4 is 4.74 Å². The highest BCUT2D eigenvalue weighted by atomic mass is 19.1. The first-order chi connectivity index (χ1) is 8.78. The molecule has 90 valence electrons. The summed E-state index contributed by atoms with van der Waals surface area (Å²) in [5.74, 6) is -0.0902. The molecule has 3 aromatic rings. The molecule has 0 aliphatic rings. The third-order valence-corrected chi connectivity index (χ3v) is 2.98. The Labute approximate surface area is 104 Å². The van der Waals surface area contributed by atoms with E-state index in [4.69, 9.17) is 4.74 Å². The van der Waals surface area contributed by atoms with E-state index in [2.05, 4.69) is 4.98 Å². The average molecular weight is 241 g/mol. The number of benzene rings is 2. The molecule has 1 heterocycles. The summed E-state index contributed by atoms with van der Waals surface area (Å²) in [7, 11) is 1.47. The summed E-state index contributed by atoms with van der Waals surface area (Å²) in [5, 5.41) is 0.937. The molecule has 0 saturated carbocycles.